The highest BCUT2D eigenvalue weighted by Gasteiger charge is 2.33. The van der Waals surface area contributed by atoms with Crippen LogP contribution in [0.15, 0.2) is 54.6 Å². The fraction of sp³-hybridized carbons (Fsp3) is 0.200. The molecule has 0 bridgehead atoms. The Bertz CT molecular complexity index is 405. The van der Waals surface area contributed by atoms with E-state index in [1.165, 1.54) is 0 Å². The standard InChI is InChI=1S/C15H15O2/c1-16-15(17-2,13-9-5-3-6-10-13)14-11-7-4-8-12-14/h3,5-12H,1-2H3. The SMILES string of the molecule is COC(OC)(c1cc[c]cc1)c1ccccc1. The van der Waals surface area contributed by atoms with Crippen molar-refractivity contribution in [2.75, 3.05) is 14.2 Å². The van der Waals surface area contributed by atoms with Gasteiger partial charge in [0.25, 0.3) is 0 Å². The Kier molecular flexibility index (Phi) is 3.57. The summed E-state index contributed by atoms with van der Waals surface area (Å²) >= 11 is 0. The first kappa shape index (κ1) is 11.8. The monoisotopic (exact) mass is 227 g/mol. The lowest BCUT2D eigenvalue weighted by atomic mass is 9.97. The summed E-state index contributed by atoms with van der Waals surface area (Å²) in [5.74, 6) is -0.851. The van der Waals surface area contributed by atoms with Gasteiger partial charge < -0.3 is 9.47 Å². The van der Waals surface area contributed by atoms with Gasteiger partial charge in [-0.1, -0.05) is 54.6 Å². The first-order valence-corrected chi connectivity index (χ1v) is 5.46. The van der Waals surface area contributed by atoms with Crippen LogP contribution in [0.25, 0.3) is 0 Å². The molecule has 0 atom stereocenters. The van der Waals surface area contributed by atoms with Crippen LogP contribution >= 0.6 is 0 Å². The first-order valence-electron chi connectivity index (χ1n) is 5.46. The fourth-order valence-corrected chi connectivity index (χ4v) is 1.99. The number of ether oxygens (including phenoxy) is 2. The molecule has 0 aliphatic rings. The van der Waals surface area contributed by atoms with Gasteiger partial charge in [-0.2, -0.15) is 0 Å². The molecule has 2 nitrogen and oxygen atoms in total. The highest BCUT2D eigenvalue weighted by Crippen LogP contribution is 2.33. The van der Waals surface area contributed by atoms with E-state index in [0.717, 1.165) is 11.1 Å². The summed E-state index contributed by atoms with van der Waals surface area (Å²) in [5.41, 5.74) is 1.92. The molecule has 0 amide bonds. The normalized spacial score (nSPS) is 11.4. The molecule has 2 rings (SSSR count). The molecule has 0 aliphatic carbocycles. The van der Waals surface area contributed by atoms with Gasteiger partial charge in [0, 0.05) is 25.3 Å². The lowest BCUT2D eigenvalue weighted by Gasteiger charge is -2.31. The van der Waals surface area contributed by atoms with Gasteiger partial charge in [-0.05, 0) is 6.07 Å². The van der Waals surface area contributed by atoms with E-state index in [-0.39, 0.29) is 0 Å². The molecule has 0 unspecified atom stereocenters. The lowest BCUT2D eigenvalue weighted by Crippen LogP contribution is -2.32. The minimum Gasteiger partial charge on any atom is -0.346 e. The predicted octanol–water partition coefficient (Wildman–Crippen LogP) is 2.98. The zero-order chi connectivity index (χ0) is 12.1. The van der Waals surface area contributed by atoms with Gasteiger partial charge in [0.05, 0.1) is 0 Å². The van der Waals surface area contributed by atoms with Crippen LogP contribution in [0, 0.1) is 6.07 Å². The fourth-order valence-electron chi connectivity index (χ4n) is 1.99. The minimum atomic E-state index is -0.851. The second-order valence-corrected chi connectivity index (χ2v) is 3.68. The van der Waals surface area contributed by atoms with Crippen molar-refractivity contribution < 1.29 is 9.47 Å². The molecule has 2 heteroatoms. The average Bonchev–Trinajstić information content (AvgIpc) is 2.43. The highest BCUT2D eigenvalue weighted by molar-refractivity contribution is 5.33. The molecular weight excluding hydrogens is 212 g/mol. The molecule has 2 aromatic carbocycles. The summed E-state index contributed by atoms with van der Waals surface area (Å²) in [6.45, 7) is 0. The zero-order valence-corrected chi connectivity index (χ0v) is 10.0. The summed E-state index contributed by atoms with van der Waals surface area (Å²) in [6.07, 6.45) is 0. The van der Waals surface area contributed by atoms with E-state index in [1.54, 1.807) is 14.2 Å². The van der Waals surface area contributed by atoms with Crippen LogP contribution in [-0.2, 0) is 15.3 Å². The molecule has 17 heavy (non-hydrogen) atoms. The van der Waals surface area contributed by atoms with E-state index >= 15 is 0 Å². The number of hydrogen-bond acceptors (Lipinski definition) is 2. The van der Waals surface area contributed by atoms with Crippen molar-refractivity contribution in [1.82, 2.24) is 0 Å². The molecule has 0 saturated carbocycles. The second-order valence-electron chi connectivity index (χ2n) is 3.68. The van der Waals surface area contributed by atoms with Crippen molar-refractivity contribution >= 4 is 0 Å². The van der Waals surface area contributed by atoms with E-state index in [9.17, 15) is 0 Å². The smallest absolute Gasteiger partial charge is 0.221 e. The largest absolute Gasteiger partial charge is 0.346 e. The highest BCUT2D eigenvalue weighted by atomic mass is 16.7. The van der Waals surface area contributed by atoms with E-state index in [1.807, 2.05) is 54.6 Å². The van der Waals surface area contributed by atoms with Gasteiger partial charge in [-0.15, -0.1) is 0 Å². The Morgan fingerprint density at radius 2 is 1.35 bits per heavy atom. The second kappa shape index (κ2) is 5.13. The van der Waals surface area contributed by atoms with Crippen LogP contribution in [0.2, 0.25) is 0 Å². The maximum atomic E-state index is 5.62. The maximum absolute atomic E-state index is 5.62. The number of hydrogen-bond donors (Lipinski definition) is 0. The third-order valence-corrected chi connectivity index (χ3v) is 2.83. The van der Waals surface area contributed by atoms with E-state index < -0.39 is 5.79 Å². The van der Waals surface area contributed by atoms with Crippen LogP contribution in [0.5, 0.6) is 0 Å². The third-order valence-electron chi connectivity index (χ3n) is 2.83. The molecule has 0 spiro atoms. The van der Waals surface area contributed by atoms with E-state index in [4.69, 9.17) is 9.47 Å². The van der Waals surface area contributed by atoms with Gasteiger partial charge in [-0.25, -0.2) is 0 Å². The topological polar surface area (TPSA) is 18.5 Å². The summed E-state index contributed by atoms with van der Waals surface area (Å²) in [5, 5.41) is 0. The lowest BCUT2D eigenvalue weighted by molar-refractivity contribution is -0.183. The van der Waals surface area contributed by atoms with Gasteiger partial charge in [0.1, 0.15) is 0 Å². The summed E-state index contributed by atoms with van der Waals surface area (Å²) in [7, 11) is 3.29. The minimum absolute atomic E-state index is 0.851. The van der Waals surface area contributed by atoms with Crippen LogP contribution in [0.1, 0.15) is 11.1 Å². The van der Waals surface area contributed by atoms with Crippen molar-refractivity contribution in [3.8, 4) is 0 Å². The van der Waals surface area contributed by atoms with E-state index in [2.05, 4.69) is 6.07 Å². The third kappa shape index (κ3) is 2.09. The Hall–Kier alpha value is -1.64. The molecule has 87 valence electrons. The molecule has 0 heterocycles. The number of methoxy groups -OCH3 is 2. The van der Waals surface area contributed by atoms with Crippen LogP contribution in [0.4, 0.5) is 0 Å². The molecule has 0 aromatic heterocycles. The van der Waals surface area contributed by atoms with Gasteiger partial charge in [0.15, 0.2) is 0 Å². The Morgan fingerprint density at radius 3 is 1.88 bits per heavy atom. The van der Waals surface area contributed by atoms with Crippen LogP contribution < -0.4 is 0 Å². The van der Waals surface area contributed by atoms with E-state index in [0.29, 0.717) is 0 Å². The van der Waals surface area contributed by atoms with Crippen molar-refractivity contribution in [3.05, 3.63) is 71.8 Å². The quantitative estimate of drug-likeness (QED) is 0.748. The summed E-state index contributed by atoms with van der Waals surface area (Å²) in [6, 6.07) is 20.5. The first-order chi connectivity index (χ1) is 8.33. The van der Waals surface area contributed by atoms with Crippen LogP contribution in [0.3, 0.4) is 0 Å². The molecule has 1 radical (unpaired) electrons. The Morgan fingerprint density at radius 1 is 0.824 bits per heavy atom. The molecular formula is C15H15O2. The average molecular weight is 227 g/mol. The molecule has 0 aliphatic heterocycles. The van der Waals surface area contributed by atoms with Crippen molar-refractivity contribution in [2.45, 2.75) is 5.79 Å². The Labute approximate surface area is 102 Å². The molecule has 0 fully saturated rings. The van der Waals surface area contributed by atoms with Crippen LogP contribution in [-0.4, -0.2) is 14.2 Å². The molecule has 2 aromatic rings. The van der Waals surface area contributed by atoms with Gasteiger partial charge >= 0.3 is 0 Å². The van der Waals surface area contributed by atoms with Gasteiger partial charge in [0.2, 0.25) is 5.79 Å². The molecule has 0 saturated heterocycles. The predicted molar refractivity (Wildman–Crippen MR) is 66.5 cm³/mol. The van der Waals surface area contributed by atoms with Crippen molar-refractivity contribution in [1.29, 1.82) is 0 Å². The van der Waals surface area contributed by atoms with Gasteiger partial charge in [-0.3, -0.25) is 0 Å². The summed E-state index contributed by atoms with van der Waals surface area (Å²) < 4.78 is 11.2. The molecule has 0 N–H and O–H groups in total. The van der Waals surface area contributed by atoms with Crippen molar-refractivity contribution in [3.63, 3.8) is 0 Å². The number of benzene rings is 2. The summed E-state index contributed by atoms with van der Waals surface area (Å²) in [4.78, 5) is 0. The number of rotatable bonds is 4. The zero-order valence-electron chi connectivity index (χ0n) is 10.0. The Balaban J connectivity index is 2.54. The maximum Gasteiger partial charge on any atom is 0.221 e. The van der Waals surface area contributed by atoms with Crippen molar-refractivity contribution in [2.24, 2.45) is 0 Å².